The molecule has 2 heterocycles. The molecule has 1 amide bonds. The minimum atomic E-state index is -0.637. The lowest BCUT2D eigenvalue weighted by molar-refractivity contribution is 0.0182. The lowest BCUT2D eigenvalue weighted by atomic mass is 10.1. The molecule has 0 aliphatic heterocycles. The Labute approximate surface area is 200 Å². The molecular weight excluding hydrogens is 437 g/mol. The predicted octanol–water partition coefficient (Wildman–Crippen LogP) is 4.99. The van der Waals surface area contributed by atoms with Crippen LogP contribution in [0.4, 0.5) is 9.18 Å². The number of aromatic nitrogens is 3. The maximum Gasteiger partial charge on any atom is 0.410 e. The van der Waals surface area contributed by atoms with Crippen LogP contribution < -0.4 is 10.2 Å². The van der Waals surface area contributed by atoms with Crippen molar-refractivity contribution in [3.63, 3.8) is 0 Å². The van der Waals surface area contributed by atoms with Gasteiger partial charge >= 0.3 is 6.09 Å². The smallest absolute Gasteiger partial charge is 0.410 e. The van der Waals surface area contributed by atoms with E-state index in [1.807, 2.05) is 13.8 Å². The van der Waals surface area contributed by atoms with Crippen LogP contribution in [0.1, 0.15) is 52.8 Å². The Kier molecular flexibility index (Phi) is 9.11. The van der Waals surface area contributed by atoms with Gasteiger partial charge in [0.1, 0.15) is 5.60 Å². The zero-order chi connectivity index (χ0) is 25.5. The van der Waals surface area contributed by atoms with Gasteiger partial charge in [0.05, 0.1) is 30.2 Å². The lowest BCUT2D eigenvalue weighted by Crippen LogP contribution is -2.38. The highest BCUT2D eigenvalue weighted by Gasteiger charge is 2.27. The van der Waals surface area contributed by atoms with Crippen LogP contribution in [-0.4, -0.2) is 51.6 Å². The first-order valence-corrected chi connectivity index (χ1v) is 11.1. The molecule has 1 unspecified atom stereocenters. The van der Waals surface area contributed by atoms with Gasteiger partial charge in [0.25, 0.3) is 0 Å². The van der Waals surface area contributed by atoms with E-state index in [2.05, 4.69) is 28.2 Å². The van der Waals surface area contributed by atoms with Crippen molar-refractivity contribution >= 4 is 12.3 Å². The van der Waals surface area contributed by atoms with E-state index in [4.69, 9.17) is 9.47 Å². The molecule has 34 heavy (non-hydrogen) atoms. The topological polar surface area (TPSA) is 81.8 Å². The first-order chi connectivity index (χ1) is 16.1. The first-order valence-electron chi connectivity index (χ1n) is 11.1. The molecule has 184 valence electrons. The van der Waals surface area contributed by atoms with E-state index in [1.54, 1.807) is 46.0 Å². The summed E-state index contributed by atoms with van der Waals surface area (Å²) in [7, 11) is 1.61. The van der Waals surface area contributed by atoms with Crippen molar-refractivity contribution in [3.8, 4) is 17.0 Å². The monoisotopic (exact) mass is 471 g/mol. The Morgan fingerprint density at radius 1 is 1.35 bits per heavy atom. The third-order valence-electron chi connectivity index (χ3n) is 4.90. The Hall–Kier alpha value is -3.49. The minimum absolute atomic E-state index is 0.212. The highest BCUT2D eigenvalue weighted by molar-refractivity contribution is 5.69. The third-order valence-corrected chi connectivity index (χ3v) is 4.90. The van der Waals surface area contributed by atoms with Crippen LogP contribution >= 0.6 is 0 Å². The number of amides is 1. The predicted molar refractivity (Wildman–Crippen MR) is 131 cm³/mol. The van der Waals surface area contributed by atoms with Gasteiger partial charge < -0.3 is 14.4 Å². The normalized spacial score (nSPS) is 12.7. The zero-order valence-corrected chi connectivity index (χ0v) is 20.8. The molecule has 0 aromatic carbocycles. The molecule has 0 saturated carbocycles. The summed E-state index contributed by atoms with van der Waals surface area (Å²) in [5.74, 6) is -0.124. The van der Waals surface area contributed by atoms with E-state index in [0.717, 1.165) is 6.20 Å². The molecule has 0 spiro atoms. The molecule has 0 fully saturated rings. The van der Waals surface area contributed by atoms with Gasteiger partial charge in [-0.05, 0) is 47.1 Å². The number of carbonyl (C=O) groups excluding carboxylic acids is 1. The summed E-state index contributed by atoms with van der Waals surface area (Å²) in [5.41, 5.74) is 0.836. The summed E-state index contributed by atoms with van der Waals surface area (Å²) in [6.45, 7) is 17.3. The summed E-state index contributed by atoms with van der Waals surface area (Å²) in [4.78, 5) is 22.7. The second-order valence-corrected chi connectivity index (χ2v) is 8.53. The largest absolute Gasteiger partial charge is 0.489 e. The van der Waals surface area contributed by atoms with E-state index < -0.39 is 23.6 Å². The maximum atomic E-state index is 14.9. The van der Waals surface area contributed by atoms with Gasteiger partial charge in [0.2, 0.25) is 0 Å². The third kappa shape index (κ3) is 6.52. The molecule has 0 radical (unpaired) electrons. The van der Waals surface area contributed by atoms with Crippen molar-refractivity contribution in [3.05, 3.63) is 54.6 Å². The van der Waals surface area contributed by atoms with Crippen molar-refractivity contribution in [2.75, 3.05) is 20.2 Å². The molecule has 2 aromatic heterocycles. The fourth-order valence-electron chi connectivity index (χ4n) is 3.24. The van der Waals surface area contributed by atoms with Crippen LogP contribution in [0.2, 0.25) is 0 Å². The standard InChI is InChI=1S/C25H34FN5O3/c1-9-12-13-33-22-15-21(29-31(11-3)23(22)27-8)18-14-20(28-16-19(18)26)17(4)30(10-2)24(32)34-25(5,6)7/h9,11,14-17H,1,3,10,12-13H2,2,4-8H3. The van der Waals surface area contributed by atoms with Crippen molar-refractivity contribution in [2.24, 2.45) is 4.99 Å². The average molecular weight is 472 g/mol. The van der Waals surface area contributed by atoms with Crippen molar-refractivity contribution < 1.29 is 18.7 Å². The van der Waals surface area contributed by atoms with Crippen LogP contribution in [0.15, 0.2) is 42.6 Å². The number of hydrogen-bond acceptors (Lipinski definition) is 6. The van der Waals surface area contributed by atoms with Gasteiger partial charge in [-0.1, -0.05) is 12.7 Å². The molecule has 0 bridgehead atoms. The van der Waals surface area contributed by atoms with E-state index in [-0.39, 0.29) is 5.56 Å². The SMILES string of the molecule is C=CCCOc1cc(-c2cc(C(C)N(CC)C(=O)OC(C)(C)C)ncc2F)nn(C=C)c1=NC. The van der Waals surface area contributed by atoms with Gasteiger partial charge in [-0.15, -0.1) is 6.58 Å². The summed E-state index contributed by atoms with van der Waals surface area (Å²) in [5, 5.41) is 4.46. The molecule has 8 nitrogen and oxygen atoms in total. The Morgan fingerprint density at radius 2 is 2.06 bits per heavy atom. The van der Waals surface area contributed by atoms with Crippen LogP contribution in [0, 0.1) is 5.82 Å². The van der Waals surface area contributed by atoms with Crippen molar-refractivity contribution in [2.45, 2.75) is 52.7 Å². The Morgan fingerprint density at radius 3 is 2.62 bits per heavy atom. The van der Waals surface area contributed by atoms with Crippen molar-refractivity contribution in [1.82, 2.24) is 19.7 Å². The number of hydrogen-bond donors (Lipinski definition) is 0. The number of rotatable bonds is 9. The number of pyridine rings is 1. The lowest BCUT2D eigenvalue weighted by Gasteiger charge is -2.30. The van der Waals surface area contributed by atoms with E-state index >= 15 is 0 Å². The molecule has 2 aromatic rings. The fraction of sp³-hybridized carbons (Fsp3) is 0.440. The average Bonchev–Trinajstić information content (AvgIpc) is 2.78. The van der Waals surface area contributed by atoms with Crippen LogP contribution in [0.5, 0.6) is 5.75 Å². The minimum Gasteiger partial charge on any atom is -0.489 e. The molecule has 1 atom stereocenters. The first kappa shape index (κ1) is 26.8. The molecule has 0 saturated heterocycles. The fourth-order valence-corrected chi connectivity index (χ4v) is 3.24. The van der Waals surface area contributed by atoms with Crippen LogP contribution in [0.3, 0.4) is 0 Å². The number of halogens is 1. The van der Waals surface area contributed by atoms with Gasteiger partial charge in [0, 0.05) is 31.4 Å². The molecule has 0 aliphatic rings. The Balaban J connectivity index is 2.53. The van der Waals surface area contributed by atoms with E-state index in [1.165, 1.54) is 15.8 Å². The van der Waals surface area contributed by atoms with Crippen molar-refractivity contribution in [1.29, 1.82) is 0 Å². The van der Waals surface area contributed by atoms with Gasteiger partial charge in [-0.25, -0.2) is 13.9 Å². The second kappa shape index (κ2) is 11.6. The van der Waals surface area contributed by atoms with E-state index in [0.29, 0.717) is 42.2 Å². The van der Waals surface area contributed by atoms with Gasteiger partial charge in [0.15, 0.2) is 17.1 Å². The molecule has 0 aliphatic carbocycles. The van der Waals surface area contributed by atoms with Crippen LogP contribution in [-0.2, 0) is 4.74 Å². The number of nitrogens with zero attached hydrogens (tertiary/aromatic N) is 5. The summed E-state index contributed by atoms with van der Waals surface area (Å²) in [6.07, 6.45) is 4.51. The summed E-state index contributed by atoms with van der Waals surface area (Å²) >= 11 is 0. The number of ether oxygens (including phenoxy) is 2. The van der Waals surface area contributed by atoms with E-state index in [9.17, 15) is 9.18 Å². The van der Waals surface area contributed by atoms with Crippen LogP contribution in [0.25, 0.3) is 17.5 Å². The van der Waals surface area contributed by atoms with Gasteiger partial charge in [-0.2, -0.15) is 5.10 Å². The Bertz CT molecular complexity index is 1100. The molecular formula is C25H34FN5O3. The molecule has 9 heteroatoms. The molecule has 0 N–H and O–H groups in total. The zero-order valence-electron chi connectivity index (χ0n) is 20.8. The van der Waals surface area contributed by atoms with Gasteiger partial charge in [-0.3, -0.25) is 9.98 Å². The quantitative estimate of drug-likeness (QED) is 0.380. The summed E-state index contributed by atoms with van der Waals surface area (Å²) in [6, 6.07) is 2.75. The number of carbonyl (C=O) groups is 1. The highest BCUT2D eigenvalue weighted by atomic mass is 19.1. The summed E-state index contributed by atoms with van der Waals surface area (Å²) < 4.78 is 27.7. The highest BCUT2D eigenvalue weighted by Crippen LogP contribution is 2.28. The molecule has 2 rings (SSSR count). The maximum absolute atomic E-state index is 14.9. The second-order valence-electron chi connectivity index (χ2n) is 8.53.